The lowest BCUT2D eigenvalue weighted by molar-refractivity contribution is -0.116. The van der Waals surface area contributed by atoms with E-state index >= 15 is 0 Å². The van der Waals surface area contributed by atoms with Crippen molar-refractivity contribution in [3.8, 4) is 6.07 Å². The number of thioether (sulfide) groups is 1. The Morgan fingerprint density at radius 2 is 2.00 bits per heavy atom. The Bertz CT molecular complexity index is 894. The summed E-state index contributed by atoms with van der Waals surface area (Å²) in [6, 6.07) is 12.5. The molecule has 1 aromatic carbocycles. The number of nitriles is 1. The molecule has 1 aromatic heterocycles. The molecule has 0 fully saturated rings. The molecule has 4 nitrogen and oxygen atoms in total. The first-order chi connectivity index (χ1) is 13.2. The van der Waals surface area contributed by atoms with E-state index in [9.17, 15) is 10.1 Å². The Balaban J connectivity index is 1.64. The summed E-state index contributed by atoms with van der Waals surface area (Å²) in [6.45, 7) is 8.58. The molecule has 0 saturated heterocycles. The van der Waals surface area contributed by atoms with Crippen LogP contribution in [0.5, 0.6) is 0 Å². The van der Waals surface area contributed by atoms with Gasteiger partial charge in [-0.05, 0) is 64.0 Å². The smallest absolute Gasteiger partial charge is 0.225 e. The molecular weight excluding hydrogens is 386 g/mol. The highest BCUT2D eigenvalue weighted by Crippen LogP contribution is 2.44. The lowest BCUT2D eigenvalue weighted by Gasteiger charge is -2.42. The molecule has 0 unspecified atom stereocenters. The third kappa shape index (κ3) is 4.78. The summed E-state index contributed by atoms with van der Waals surface area (Å²) >= 11 is 3.30. The number of nitrogens with one attached hydrogen (secondary N) is 2. The van der Waals surface area contributed by atoms with Crippen LogP contribution in [0.2, 0.25) is 0 Å². The molecule has 1 amide bonds. The molecule has 0 saturated carbocycles. The third-order valence-electron chi connectivity index (χ3n) is 4.77. The third-order valence-corrected chi connectivity index (χ3v) is 7.34. The first kappa shape index (κ1) is 20.9. The number of hydrogen-bond acceptors (Lipinski definition) is 5. The number of carbonyl (C=O) groups excluding carboxylic acids is 1. The fourth-order valence-corrected chi connectivity index (χ4v) is 5.98. The molecule has 0 spiro atoms. The van der Waals surface area contributed by atoms with Crippen molar-refractivity contribution >= 4 is 34.0 Å². The van der Waals surface area contributed by atoms with Crippen molar-refractivity contribution < 1.29 is 4.79 Å². The normalized spacial score (nSPS) is 16.8. The van der Waals surface area contributed by atoms with Crippen LogP contribution in [-0.4, -0.2) is 17.2 Å². The Labute approximate surface area is 175 Å². The maximum atomic E-state index is 12.5. The average Bonchev–Trinajstić information content (AvgIpc) is 2.95. The monoisotopic (exact) mass is 413 g/mol. The van der Waals surface area contributed by atoms with Crippen LogP contribution in [0.25, 0.3) is 0 Å². The molecule has 0 aliphatic carbocycles. The summed E-state index contributed by atoms with van der Waals surface area (Å²) in [5.41, 5.74) is 1.41. The minimum atomic E-state index is -0.220. The summed E-state index contributed by atoms with van der Waals surface area (Å²) in [5.74, 6) is 0.878. The van der Waals surface area contributed by atoms with Gasteiger partial charge in [-0.1, -0.05) is 18.2 Å². The van der Waals surface area contributed by atoms with E-state index in [0.29, 0.717) is 17.0 Å². The van der Waals surface area contributed by atoms with Crippen LogP contribution in [0.1, 0.15) is 56.5 Å². The second-order valence-corrected chi connectivity index (χ2v) is 10.5. The highest BCUT2D eigenvalue weighted by Gasteiger charge is 2.40. The second kappa shape index (κ2) is 8.28. The van der Waals surface area contributed by atoms with Crippen molar-refractivity contribution in [2.45, 2.75) is 62.9 Å². The van der Waals surface area contributed by atoms with Crippen LogP contribution in [0.3, 0.4) is 0 Å². The van der Waals surface area contributed by atoms with Crippen LogP contribution < -0.4 is 10.6 Å². The number of thiophene rings is 1. The van der Waals surface area contributed by atoms with Gasteiger partial charge in [-0.2, -0.15) is 5.26 Å². The Kier molecular flexibility index (Phi) is 6.18. The first-order valence-corrected chi connectivity index (χ1v) is 11.4. The number of carbonyl (C=O) groups is 1. The molecule has 0 atom stereocenters. The Morgan fingerprint density at radius 3 is 2.68 bits per heavy atom. The van der Waals surface area contributed by atoms with Crippen molar-refractivity contribution in [1.29, 1.82) is 5.26 Å². The van der Waals surface area contributed by atoms with Gasteiger partial charge in [0.15, 0.2) is 0 Å². The molecule has 2 aromatic rings. The fraction of sp³-hybridized carbons (Fsp3) is 0.455. The number of benzene rings is 1. The van der Waals surface area contributed by atoms with E-state index in [2.05, 4.69) is 56.5 Å². The van der Waals surface area contributed by atoms with Crippen LogP contribution in [-0.2, 0) is 16.8 Å². The number of rotatable bonds is 6. The average molecular weight is 414 g/mol. The molecule has 1 aliphatic heterocycles. The van der Waals surface area contributed by atoms with E-state index in [4.69, 9.17) is 0 Å². The lowest BCUT2D eigenvalue weighted by atomic mass is 9.81. The molecule has 28 heavy (non-hydrogen) atoms. The van der Waals surface area contributed by atoms with Gasteiger partial charge in [0.1, 0.15) is 11.1 Å². The summed E-state index contributed by atoms with van der Waals surface area (Å²) in [4.78, 5) is 14.8. The summed E-state index contributed by atoms with van der Waals surface area (Å²) in [6.07, 6.45) is 2.05. The van der Waals surface area contributed by atoms with Crippen LogP contribution in [0.4, 0.5) is 5.00 Å². The summed E-state index contributed by atoms with van der Waals surface area (Å²) in [5, 5.41) is 17.1. The van der Waals surface area contributed by atoms with Gasteiger partial charge < -0.3 is 10.6 Å². The molecule has 2 N–H and O–H groups in total. The van der Waals surface area contributed by atoms with Gasteiger partial charge in [-0.3, -0.25) is 4.79 Å². The molecule has 0 bridgehead atoms. The van der Waals surface area contributed by atoms with Crippen molar-refractivity contribution in [2.24, 2.45) is 0 Å². The van der Waals surface area contributed by atoms with E-state index < -0.39 is 0 Å². The zero-order valence-corrected chi connectivity index (χ0v) is 18.5. The van der Waals surface area contributed by atoms with E-state index in [0.717, 1.165) is 29.0 Å². The number of hydrogen-bond donors (Lipinski definition) is 2. The topological polar surface area (TPSA) is 64.9 Å². The minimum Gasteiger partial charge on any atom is -0.317 e. The first-order valence-electron chi connectivity index (χ1n) is 9.55. The molecule has 0 radical (unpaired) electrons. The zero-order chi connectivity index (χ0) is 20.4. The zero-order valence-electron chi connectivity index (χ0n) is 16.9. The Morgan fingerprint density at radius 1 is 1.29 bits per heavy atom. The fourth-order valence-electron chi connectivity index (χ4n) is 3.86. The van der Waals surface area contributed by atoms with Gasteiger partial charge in [-0.25, -0.2) is 0 Å². The highest BCUT2D eigenvalue weighted by molar-refractivity contribution is 7.99. The van der Waals surface area contributed by atoms with Crippen LogP contribution in [0.15, 0.2) is 35.2 Å². The molecule has 3 rings (SSSR count). The van der Waals surface area contributed by atoms with Crippen molar-refractivity contribution in [1.82, 2.24) is 5.32 Å². The van der Waals surface area contributed by atoms with Crippen molar-refractivity contribution in [3.05, 3.63) is 46.3 Å². The standard InChI is InChI=1S/C22H27N3OS2/c1-21(2)13-16-17(14-23)20(28-19(16)22(3,4)25-21)24-18(26)11-8-12-27-15-9-6-5-7-10-15/h5-7,9-10,25H,8,11-13H2,1-4H3,(H,24,26). The SMILES string of the molecule is CC1(C)Cc2c(sc(NC(=O)CCCSc3ccccc3)c2C#N)C(C)(C)N1. The predicted octanol–water partition coefficient (Wildman–Crippen LogP) is 5.29. The minimum absolute atomic E-state index is 0.0196. The Hall–Kier alpha value is -1.81. The quantitative estimate of drug-likeness (QED) is 0.499. The summed E-state index contributed by atoms with van der Waals surface area (Å²) in [7, 11) is 0. The number of nitrogens with zero attached hydrogens (tertiary/aromatic N) is 1. The maximum absolute atomic E-state index is 12.5. The van der Waals surface area contributed by atoms with Gasteiger partial charge in [-0.15, -0.1) is 23.1 Å². The number of anilines is 1. The predicted molar refractivity (Wildman–Crippen MR) is 118 cm³/mol. The van der Waals surface area contributed by atoms with Gasteiger partial charge in [0.2, 0.25) is 5.91 Å². The second-order valence-electron chi connectivity index (χ2n) is 8.35. The van der Waals surface area contributed by atoms with E-state index in [1.165, 1.54) is 16.2 Å². The van der Waals surface area contributed by atoms with Gasteiger partial charge in [0.25, 0.3) is 0 Å². The van der Waals surface area contributed by atoms with Crippen molar-refractivity contribution in [2.75, 3.05) is 11.1 Å². The van der Waals surface area contributed by atoms with E-state index in [1.807, 2.05) is 18.2 Å². The molecular formula is C22H27N3OS2. The largest absolute Gasteiger partial charge is 0.317 e. The van der Waals surface area contributed by atoms with E-state index in [-0.39, 0.29) is 17.0 Å². The maximum Gasteiger partial charge on any atom is 0.225 e. The molecule has 1 aliphatic rings. The number of amides is 1. The van der Waals surface area contributed by atoms with E-state index in [1.54, 1.807) is 11.8 Å². The highest BCUT2D eigenvalue weighted by atomic mass is 32.2. The van der Waals surface area contributed by atoms with Gasteiger partial charge in [0.05, 0.1) is 5.56 Å². The number of fused-ring (bicyclic) bond motifs is 1. The van der Waals surface area contributed by atoms with Crippen molar-refractivity contribution in [3.63, 3.8) is 0 Å². The molecule has 148 valence electrons. The van der Waals surface area contributed by atoms with Gasteiger partial charge in [0, 0.05) is 27.3 Å². The van der Waals surface area contributed by atoms with Gasteiger partial charge >= 0.3 is 0 Å². The van der Waals surface area contributed by atoms with Crippen LogP contribution in [0, 0.1) is 11.3 Å². The lowest BCUT2D eigenvalue weighted by Crippen LogP contribution is -2.54. The molecule has 2 heterocycles. The van der Waals surface area contributed by atoms with Crippen LogP contribution >= 0.6 is 23.1 Å². The summed E-state index contributed by atoms with van der Waals surface area (Å²) < 4.78 is 0. The molecule has 6 heteroatoms.